The van der Waals surface area contributed by atoms with Crippen molar-refractivity contribution in [1.29, 1.82) is 0 Å². The molecule has 1 amide bonds. The van der Waals surface area contributed by atoms with Crippen LogP contribution >= 0.6 is 0 Å². The topological polar surface area (TPSA) is 67.2 Å². The lowest BCUT2D eigenvalue weighted by Crippen LogP contribution is -2.34. The molecule has 2 aromatic rings. The lowest BCUT2D eigenvalue weighted by molar-refractivity contribution is -0.124. The monoisotopic (exact) mass is 326 g/mol. The Labute approximate surface area is 141 Å². The van der Waals surface area contributed by atoms with Crippen molar-refractivity contribution in [3.63, 3.8) is 0 Å². The highest BCUT2D eigenvalue weighted by molar-refractivity contribution is 5.80. The molecule has 0 aliphatic carbocycles. The standard InChI is InChI=1S/C18H22N4O2/c1-21-17(23)11-16(12-20-21)22-10-8-15(13-22)18(24)19-9-7-14-5-3-2-4-6-14/h2-6,11-12,15H,7-10,13H2,1H3,(H,19,24). The van der Waals surface area contributed by atoms with Gasteiger partial charge in [-0.15, -0.1) is 0 Å². The molecule has 1 aliphatic heterocycles. The highest BCUT2D eigenvalue weighted by Gasteiger charge is 2.28. The van der Waals surface area contributed by atoms with Gasteiger partial charge in [0.2, 0.25) is 5.91 Å². The number of rotatable bonds is 5. The Morgan fingerprint density at radius 3 is 2.88 bits per heavy atom. The molecule has 2 heterocycles. The molecule has 0 bridgehead atoms. The van der Waals surface area contributed by atoms with Crippen molar-refractivity contribution < 1.29 is 4.79 Å². The van der Waals surface area contributed by atoms with Crippen LogP contribution in [0.25, 0.3) is 0 Å². The van der Waals surface area contributed by atoms with E-state index < -0.39 is 0 Å². The van der Waals surface area contributed by atoms with Gasteiger partial charge in [-0.2, -0.15) is 5.10 Å². The fourth-order valence-corrected chi connectivity index (χ4v) is 2.96. The molecule has 24 heavy (non-hydrogen) atoms. The van der Waals surface area contributed by atoms with Crippen molar-refractivity contribution in [2.45, 2.75) is 12.8 Å². The fourth-order valence-electron chi connectivity index (χ4n) is 2.96. The Bertz CT molecular complexity index is 757. The number of aromatic nitrogens is 2. The van der Waals surface area contributed by atoms with Crippen LogP contribution in [-0.2, 0) is 18.3 Å². The molecule has 0 spiro atoms. The van der Waals surface area contributed by atoms with E-state index in [2.05, 4.69) is 27.4 Å². The van der Waals surface area contributed by atoms with E-state index in [1.54, 1.807) is 19.3 Å². The summed E-state index contributed by atoms with van der Waals surface area (Å²) in [6.07, 6.45) is 3.31. The molecule has 0 radical (unpaired) electrons. The maximum atomic E-state index is 12.3. The highest BCUT2D eigenvalue weighted by atomic mass is 16.2. The van der Waals surface area contributed by atoms with E-state index in [0.717, 1.165) is 25.1 Å². The zero-order valence-electron chi connectivity index (χ0n) is 13.8. The van der Waals surface area contributed by atoms with Gasteiger partial charge in [-0.3, -0.25) is 9.59 Å². The second kappa shape index (κ2) is 7.29. The maximum absolute atomic E-state index is 12.3. The van der Waals surface area contributed by atoms with Gasteiger partial charge in [0.05, 0.1) is 17.8 Å². The molecule has 1 fully saturated rings. The zero-order valence-corrected chi connectivity index (χ0v) is 13.8. The van der Waals surface area contributed by atoms with Gasteiger partial charge in [-0.05, 0) is 18.4 Å². The van der Waals surface area contributed by atoms with Crippen molar-refractivity contribution in [3.8, 4) is 0 Å². The summed E-state index contributed by atoms with van der Waals surface area (Å²) in [4.78, 5) is 26.0. The number of amides is 1. The second-order valence-electron chi connectivity index (χ2n) is 6.13. The van der Waals surface area contributed by atoms with Crippen LogP contribution in [-0.4, -0.2) is 35.3 Å². The Morgan fingerprint density at radius 2 is 2.12 bits per heavy atom. The van der Waals surface area contributed by atoms with Crippen LogP contribution in [0, 0.1) is 5.92 Å². The average Bonchev–Trinajstić information content (AvgIpc) is 3.08. The van der Waals surface area contributed by atoms with E-state index in [1.165, 1.54) is 10.2 Å². The SMILES string of the molecule is Cn1ncc(N2CCC(C(=O)NCCc3ccccc3)C2)cc1=O. The number of aryl methyl sites for hydroxylation is 1. The van der Waals surface area contributed by atoms with Crippen LogP contribution in [0.2, 0.25) is 0 Å². The number of hydrogen-bond acceptors (Lipinski definition) is 4. The fraction of sp³-hybridized carbons (Fsp3) is 0.389. The highest BCUT2D eigenvalue weighted by Crippen LogP contribution is 2.22. The molecule has 1 atom stereocenters. The van der Waals surface area contributed by atoms with Gasteiger partial charge in [0, 0.05) is 32.7 Å². The van der Waals surface area contributed by atoms with E-state index in [4.69, 9.17) is 0 Å². The van der Waals surface area contributed by atoms with Crippen molar-refractivity contribution in [3.05, 3.63) is 58.5 Å². The van der Waals surface area contributed by atoms with Gasteiger partial charge in [0.1, 0.15) is 0 Å². The summed E-state index contributed by atoms with van der Waals surface area (Å²) in [5, 5.41) is 7.06. The molecular weight excluding hydrogens is 304 g/mol. The first-order valence-corrected chi connectivity index (χ1v) is 8.23. The predicted molar refractivity (Wildman–Crippen MR) is 93.0 cm³/mol. The normalized spacial score (nSPS) is 17.0. The summed E-state index contributed by atoms with van der Waals surface area (Å²) in [6.45, 7) is 2.05. The number of benzene rings is 1. The van der Waals surface area contributed by atoms with E-state index in [-0.39, 0.29) is 17.4 Å². The summed E-state index contributed by atoms with van der Waals surface area (Å²) in [6, 6.07) is 11.7. The molecule has 0 saturated carbocycles. The van der Waals surface area contributed by atoms with Crippen LogP contribution in [0.1, 0.15) is 12.0 Å². The van der Waals surface area contributed by atoms with Gasteiger partial charge in [0.25, 0.3) is 5.56 Å². The average molecular weight is 326 g/mol. The third kappa shape index (κ3) is 3.82. The maximum Gasteiger partial charge on any atom is 0.268 e. The summed E-state index contributed by atoms with van der Waals surface area (Å²) < 4.78 is 1.30. The minimum atomic E-state index is -0.136. The van der Waals surface area contributed by atoms with E-state index in [0.29, 0.717) is 13.1 Å². The van der Waals surface area contributed by atoms with Crippen LogP contribution in [0.3, 0.4) is 0 Å². The molecule has 6 heteroatoms. The number of nitrogens with zero attached hydrogens (tertiary/aromatic N) is 3. The number of carbonyl (C=O) groups excluding carboxylic acids is 1. The molecule has 1 aliphatic rings. The van der Waals surface area contributed by atoms with Gasteiger partial charge in [-0.25, -0.2) is 4.68 Å². The minimum absolute atomic E-state index is 0.0372. The van der Waals surface area contributed by atoms with E-state index >= 15 is 0 Å². The Balaban J connectivity index is 1.50. The van der Waals surface area contributed by atoms with Crippen LogP contribution in [0.15, 0.2) is 47.4 Å². The summed E-state index contributed by atoms with van der Waals surface area (Å²) in [5.74, 6) is 0.0510. The van der Waals surface area contributed by atoms with Gasteiger partial charge in [-0.1, -0.05) is 30.3 Å². The summed E-state index contributed by atoms with van der Waals surface area (Å²) >= 11 is 0. The Kier molecular flexibility index (Phi) is 4.93. The summed E-state index contributed by atoms with van der Waals surface area (Å²) in [5.41, 5.74) is 1.87. The van der Waals surface area contributed by atoms with E-state index in [9.17, 15) is 9.59 Å². The lowest BCUT2D eigenvalue weighted by Gasteiger charge is -2.18. The van der Waals surface area contributed by atoms with Crippen LogP contribution in [0.4, 0.5) is 5.69 Å². The van der Waals surface area contributed by atoms with E-state index in [1.807, 2.05) is 18.2 Å². The number of anilines is 1. The third-order valence-corrected chi connectivity index (χ3v) is 4.43. The number of hydrogen-bond donors (Lipinski definition) is 1. The van der Waals surface area contributed by atoms with Crippen molar-refractivity contribution in [2.75, 3.05) is 24.5 Å². The molecule has 1 unspecified atom stereocenters. The zero-order chi connectivity index (χ0) is 16.9. The van der Waals surface area contributed by atoms with Crippen LogP contribution < -0.4 is 15.8 Å². The third-order valence-electron chi connectivity index (χ3n) is 4.43. The second-order valence-corrected chi connectivity index (χ2v) is 6.13. The minimum Gasteiger partial charge on any atom is -0.369 e. The Morgan fingerprint density at radius 1 is 1.33 bits per heavy atom. The molecular formula is C18H22N4O2. The Hall–Kier alpha value is -2.63. The molecule has 126 valence electrons. The lowest BCUT2D eigenvalue weighted by atomic mass is 10.1. The largest absolute Gasteiger partial charge is 0.369 e. The van der Waals surface area contributed by atoms with Gasteiger partial charge < -0.3 is 10.2 Å². The number of carbonyl (C=O) groups is 1. The molecule has 1 saturated heterocycles. The van der Waals surface area contributed by atoms with Crippen molar-refractivity contribution >= 4 is 11.6 Å². The van der Waals surface area contributed by atoms with Crippen molar-refractivity contribution in [2.24, 2.45) is 13.0 Å². The first-order chi connectivity index (χ1) is 11.6. The molecule has 6 nitrogen and oxygen atoms in total. The first-order valence-electron chi connectivity index (χ1n) is 8.23. The molecule has 1 aromatic carbocycles. The smallest absolute Gasteiger partial charge is 0.268 e. The molecule has 1 aromatic heterocycles. The van der Waals surface area contributed by atoms with Crippen molar-refractivity contribution in [1.82, 2.24) is 15.1 Å². The quantitative estimate of drug-likeness (QED) is 0.889. The first kappa shape index (κ1) is 16.2. The van der Waals surface area contributed by atoms with Crippen LogP contribution in [0.5, 0.6) is 0 Å². The predicted octanol–water partition coefficient (Wildman–Crippen LogP) is 0.965. The van der Waals surface area contributed by atoms with Gasteiger partial charge >= 0.3 is 0 Å². The molecule has 1 N–H and O–H groups in total. The van der Waals surface area contributed by atoms with Gasteiger partial charge in [0.15, 0.2) is 0 Å². The summed E-state index contributed by atoms with van der Waals surface area (Å²) in [7, 11) is 1.62. The molecule has 3 rings (SSSR count). The number of nitrogens with one attached hydrogen (secondary N) is 1.